The topological polar surface area (TPSA) is 52.0 Å². The van der Waals surface area contributed by atoms with Crippen LogP contribution in [-0.4, -0.2) is 13.7 Å². The Morgan fingerprint density at radius 2 is 1.65 bits per heavy atom. The van der Waals surface area contributed by atoms with Gasteiger partial charge in [0.05, 0.1) is 0 Å². The average Bonchev–Trinajstić information content (AvgIpc) is 3.30. The van der Waals surface area contributed by atoms with Gasteiger partial charge in [-0.1, -0.05) is 147 Å². The highest BCUT2D eigenvalue weighted by Crippen LogP contribution is 2.50. The predicted molar refractivity (Wildman–Crippen MR) is 196 cm³/mol. The predicted octanol–water partition coefficient (Wildman–Crippen LogP) is 9.50. The van der Waals surface area contributed by atoms with Gasteiger partial charge in [0.1, 0.15) is 0 Å². The molecule has 2 nitrogen and oxygen atoms in total. The van der Waals surface area contributed by atoms with Crippen molar-refractivity contribution in [2.24, 2.45) is 17.4 Å². The molecule has 3 aromatic rings. The highest BCUT2D eigenvalue weighted by Gasteiger charge is 2.42. The molecule has 0 aromatic heterocycles. The minimum Gasteiger partial charge on any atom is -0.404 e. The molecule has 43 heavy (non-hydrogen) atoms. The quantitative estimate of drug-likeness (QED) is 0.202. The van der Waals surface area contributed by atoms with E-state index in [1.807, 2.05) is 19.9 Å². The van der Waals surface area contributed by atoms with Crippen molar-refractivity contribution in [1.82, 2.24) is 0 Å². The molecule has 0 bridgehead atoms. The maximum Gasteiger partial charge on any atom is 0.0240 e. The van der Waals surface area contributed by atoms with Crippen LogP contribution >= 0.6 is 8.58 Å². The molecule has 0 radical (unpaired) electrons. The molecule has 3 heteroatoms. The zero-order valence-corrected chi connectivity index (χ0v) is 29.3. The second kappa shape index (κ2) is 16.0. The second-order valence-electron chi connectivity index (χ2n) is 11.6. The summed E-state index contributed by atoms with van der Waals surface area (Å²) in [5.41, 5.74) is 22.4. The van der Waals surface area contributed by atoms with Crippen LogP contribution in [0, 0.1) is 12.8 Å². The lowest BCUT2D eigenvalue weighted by atomic mass is 9.64. The third-order valence-electron chi connectivity index (χ3n) is 9.08. The molecule has 4 N–H and O–H groups in total. The molecule has 0 spiro atoms. The lowest BCUT2D eigenvalue weighted by Crippen LogP contribution is -2.34. The van der Waals surface area contributed by atoms with Crippen molar-refractivity contribution in [3.05, 3.63) is 137 Å². The highest BCUT2D eigenvalue weighted by molar-refractivity contribution is 7.46. The Kier molecular flexibility index (Phi) is 13.4. The van der Waals surface area contributed by atoms with Gasteiger partial charge in [-0.15, -0.1) is 0 Å². The van der Waals surface area contributed by atoms with E-state index in [0.717, 1.165) is 12.0 Å². The van der Waals surface area contributed by atoms with Gasteiger partial charge in [-0.3, -0.25) is 0 Å². The molecule has 0 heterocycles. The number of hydrogen-bond donors (Lipinski definition) is 2. The first-order chi connectivity index (χ1) is 20.6. The van der Waals surface area contributed by atoms with Crippen molar-refractivity contribution >= 4 is 13.9 Å². The molecule has 3 atom stereocenters. The van der Waals surface area contributed by atoms with E-state index in [-0.39, 0.29) is 16.7 Å². The summed E-state index contributed by atoms with van der Waals surface area (Å²) in [7, 11) is 2.21. The van der Waals surface area contributed by atoms with Gasteiger partial charge in [0.2, 0.25) is 0 Å². The molecule has 0 aliphatic heterocycles. The number of nitrogens with two attached hydrogens (primary N) is 2. The Labute approximate surface area is 264 Å². The zero-order valence-electron chi connectivity index (χ0n) is 28.3. The summed E-state index contributed by atoms with van der Waals surface area (Å²) >= 11 is 0. The van der Waals surface area contributed by atoms with E-state index in [4.69, 9.17) is 5.73 Å². The van der Waals surface area contributed by atoms with Crippen molar-refractivity contribution in [1.29, 1.82) is 0 Å². The molecule has 3 unspecified atom stereocenters. The zero-order chi connectivity index (χ0) is 32.4. The van der Waals surface area contributed by atoms with E-state index >= 15 is 0 Å². The Bertz CT molecular complexity index is 1460. The van der Waals surface area contributed by atoms with Crippen molar-refractivity contribution in [3.63, 3.8) is 0 Å². The Morgan fingerprint density at radius 1 is 1.00 bits per heavy atom. The standard InChI is InChI=1S/C37H44NP.C2H6.CH5N/c1-9-14-29-23-31-33(36(29,5)6)17-13-18-34(31)37(7,26(3)20-19-25(2)24-38)32-22-21-30(35(39-8)27(32)4)28-15-11-10-12-16-28;2*1-2/h9-22,24,26,39H,1,23,38H2,2-8H3;1-2H3;2H2,1H3/b20-19-,25-24-,29-14+;;. The first-order valence-corrected chi connectivity index (χ1v) is 17.1. The molecule has 0 amide bonds. The molecule has 0 fully saturated rings. The Hall–Kier alpha value is -3.19. The van der Waals surface area contributed by atoms with Gasteiger partial charge < -0.3 is 11.5 Å². The van der Waals surface area contributed by atoms with Crippen LogP contribution in [-0.2, 0) is 17.3 Å². The smallest absolute Gasteiger partial charge is 0.0240 e. The van der Waals surface area contributed by atoms with Gasteiger partial charge in [-0.05, 0) is 95.9 Å². The minimum absolute atomic E-state index is 0.0133. The molecule has 230 valence electrons. The molecular weight excluding hydrogens is 539 g/mol. The normalized spacial score (nSPS) is 17.1. The summed E-state index contributed by atoms with van der Waals surface area (Å²) in [4.78, 5) is 0. The maximum atomic E-state index is 5.84. The van der Waals surface area contributed by atoms with E-state index in [1.54, 1.807) is 6.20 Å². The SMILES string of the molecule is C=C/C=C1\Cc2c(cccc2C(C)(c2ccc(-c3ccccc3)c(PC)c2C)C(C)/C=C\C(C)=C/N)C1(C)C.CC.CN. The Morgan fingerprint density at radius 3 is 2.23 bits per heavy atom. The Balaban J connectivity index is 0.00000155. The molecule has 4 rings (SSSR count). The summed E-state index contributed by atoms with van der Waals surface area (Å²) in [5.74, 6) is 0.240. The number of fused-ring (bicyclic) bond motifs is 1. The van der Waals surface area contributed by atoms with Crippen LogP contribution in [0.3, 0.4) is 0 Å². The molecule has 3 aromatic carbocycles. The fraction of sp³-hybridized carbons (Fsp3) is 0.350. The van der Waals surface area contributed by atoms with E-state index in [9.17, 15) is 0 Å². The first kappa shape index (κ1) is 36.0. The summed E-state index contributed by atoms with van der Waals surface area (Å²) in [6, 6.07) is 22.5. The van der Waals surface area contributed by atoms with Gasteiger partial charge in [-0.25, -0.2) is 0 Å². The number of benzene rings is 3. The van der Waals surface area contributed by atoms with Gasteiger partial charge in [0, 0.05) is 10.8 Å². The summed E-state index contributed by atoms with van der Waals surface area (Å²) in [6.45, 7) is 24.2. The van der Waals surface area contributed by atoms with E-state index in [0.29, 0.717) is 8.58 Å². The summed E-state index contributed by atoms with van der Waals surface area (Å²) < 4.78 is 0. The van der Waals surface area contributed by atoms with Crippen molar-refractivity contribution in [2.45, 2.75) is 72.6 Å². The van der Waals surface area contributed by atoms with Crippen LogP contribution in [0.1, 0.15) is 76.3 Å². The molecule has 0 saturated carbocycles. The van der Waals surface area contributed by atoms with Crippen molar-refractivity contribution < 1.29 is 0 Å². The van der Waals surface area contributed by atoms with Gasteiger partial charge in [0.15, 0.2) is 0 Å². The van der Waals surface area contributed by atoms with Crippen LogP contribution in [0.2, 0.25) is 0 Å². The highest BCUT2D eigenvalue weighted by atomic mass is 31.1. The van der Waals surface area contributed by atoms with Crippen molar-refractivity contribution in [2.75, 3.05) is 13.7 Å². The molecule has 1 aliphatic carbocycles. The fourth-order valence-corrected chi connectivity index (χ4v) is 7.48. The van der Waals surface area contributed by atoms with E-state index in [2.05, 4.69) is 139 Å². The lowest BCUT2D eigenvalue weighted by Gasteiger charge is -2.39. The van der Waals surface area contributed by atoms with Crippen molar-refractivity contribution in [3.8, 4) is 11.1 Å². The monoisotopic (exact) mass is 594 g/mol. The van der Waals surface area contributed by atoms with Crippen LogP contribution < -0.4 is 16.8 Å². The number of allylic oxidation sites excluding steroid dienone is 6. The summed E-state index contributed by atoms with van der Waals surface area (Å²) in [5, 5.41) is 1.46. The second-order valence-corrected chi connectivity index (χ2v) is 12.6. The largest absolute Gasteiger partial charge is 0.404 e. The molecular formula is C40H55N2P. The van der Waals surface area contributed by atoms with E-state index in [1.165, 1.54) is 56.9 Å². The number of rotatable bonds is 8. The molecule has 1 aliphatic rings. The summed E-state index contributed by atoms with van der Waals surface area (Å²) in [6.07, 6.45) is 11.3. The van der Waals surface area contributed by atoms with Gasteiger partial charge in [0.25, 0.3) is 0 Å². The minimum atomic E-state index is -0.232. The maximum absolute atomic E-state index is 5.84. The van der Waals surface area contributed by atoms with Crippen LogP contribution in [0.15, 0.2) is 109 Å². The van der Waals surface area contributed by atoms with Crippen LogP contribution in [0.4, 0.5) is 0 Å². The number of hydrogen-bond acceptors (Lipinski definition) is 2. The van der Waals surface area contributed by atoms with Gasteiger partial charge in [-0.2, -0.15) is 0 Å². The van der Waals surface area contributed by atoms with Crippen LogP contribution in [0.25, 0.3) is 11.1 Å². The third-order valence-corrected chi connectivity index (χ3v) is 10.2. The molecule has 0 saturated heterocycles. The van der Waals surface area contributed by atoms with Gasteiger partial charge >= 0.3 is 0 Å². The van der Waals surface area contributed by atoms with Crippen LogP contribution in [0.5, 0.6) is 0 Å². The fourth-order valence-electron chi connectivity index (χ4n) is 6.48. The first-order valence-electron chi connectivity index (χ1n) is 15.6. The van der Waals surface area contributed by atoms with E-state index < -0.39 is 0 Å². The average molecular weight is 595 g/mol. The lowest BCUT2D eigenvalue weighted by molar-refractivity contribution is 0.440. The third kappa shape index (κ3) is 7.14.